The molecular formula is C15H20F2O. The van der Waals surface area contributed by atoms with Crippen molar-refractivity contribution >= 4 is 0 Å². The Labute approximate surface area is 107 Å². The van der Waals surface area contributed by atoms with Crippen molar-refractivity contribution < 1.29 is 13.9 Å². The fourth-order valence-electron chi connectivity index (χ4n) is 3.01. The zero-order chi connectivity index (χ0) is 13.3. The van der Waals surface area contributed by atoms with Gasteiger partial charge < -0.3 is 5.11 Å². The summed E-state index contributed by atoms with van der Waals surface area (Å²) in [6, 6.07) is 3.48. The van der Waals surface area contributed by atoms with Crippen LogP contribution in [0.2, 0.25) is 0 Å². The summed E-state index contributed by atoms with van der Waals surface area (Å²) in [5.41, 5.74) is -0.288. The lowest BCUT2D eigenvalue weighted by molar-refractivity contribution is -0.0522. The lowest BCUT2D eigenvalue weighted by Crippen LogP contribution is -2.43. The molecule has 1 N–H and O–H groups in total. The van der Waals surface area contributed by atoms with Crippen LogP contribution in [0.1, 0.15) is 38.7 Å². The lowest BCUT2D eigenvalue weighted by Gasteiger charge is -2.41. The summed E-state index contributed by atoms with van der Waals surface area (Å²) >= 11 is 0. The van der Waals surface area contributed by atoms with Crippen molar-refractivity contribution in [1.82, 2.24) is 0 Å². The molecule has 3 unspecified atom stereocenters. The predicted octanol–water partition coefficient (Wildman–Crippen LogP) is 3.69. The Balaban J connectivity index is 2.16. The van der Waals surface area contributed by atoms with Crippen molar-refractivity contribution in [2.24, 2.45) is 11.8 Å². The molecular weight excluding hydrogens is 234 g/mol. The second kappa shape index (κ2) is 4.96. The van der Waals surface area contributed by atoms with Gasteiger partial charge in [-0.1, -0.05) is 13.8 Å². The Hall–Kier alpha value is -0.960. The van der Waals surface area contributed by atoms with Gasteiger partial charge in [0.1, 0.15) is 11.6 Å². The summed E-state index contributed by atoms with van der Waals surface area (Å²) in [5.74, 6) is -0.382. The summed E-state index contributed by atoms with van der Waals surface area (Å²) in [4.78, 5) is 0. The highest BCUT2D eigenvalue weighted by Gasteiger charge is 2.38. The summed E-state index contributed by atoms with van der Waals surface area (Å²) in [5, 5.41) is 10.6. The van der Waals surface area contributed by atoms with Crippen LogP contribution in [0.15, 0.2) is 18.2 Å². The van der Waals surface area contributed by atoms with E-state index in [1.54, 1.807) is 0 Å². The molecule has 0 bridgehead atoms. The van der Waals surface area contributed by atoms with E-state index in [4.69, 9.17) is 0 Å². The van der Waals surface area contributed by atoms with Crippen LogP contribution in [-0.2, 0) is 6.42 Å². The maximum Gasteiger partial charge on any atom is 0.126 e. The Morgan fingerprint density at radius 2 is 1.83 bits per heavy atom. The van der Waals surface area contributed by atoms with E-state index in [1.165, 1.54) is 12.1 Å². The molecule has 1 aromatic rings. The molecule has 1 aliphatic carbocycles. The number of aliphatic hydroxyl groups is 1. The van der Waals surface area contributed by atoms with E-state index in [1.807, 2.05) is 6.92 Å². The summed E-state index contributed by atoms with van der Waals surface area (Å²) < 4.78 is 26.3. The van der Waals surface area contributed by atoms with Gasteiger partial charge in [-0.3, -0.25) is 0 Å². The smallest absolute Gasteiger partial charge is 0.126 e. The number of hydrogen-bond donors (Lipinski definition) is 1. The molecule has 18 heavy (non-hydrogen) atoms. The molecule has 100 valence electrons. The first-order valence-corrected chi connectivity index (χ1v) is 6.56. The first kappa shape index (κ1) is 13.5. The monoisotopic (exact) mass is 254 g/mol. The highest BCUT2D eigenvalue weighted by Crippen LogP contribution is 2.38. The highest BCUT2D eigenvalue weighted by molar-refractivity contribution is 5.20. The molecule has 0 amide bonds. The minimum Gasteiger partial charge on any atom is -0.389 e. The predicted molar refractivity (Wildman–Crippen MR) is 67.2 cm³/mol. The van der Waals surface area contributed by atoms with Crippen molar-refractivity contribution in [3.05, 3.63) is 35.4 Å². The van der Waals surface area contributed by atoms with Gasteiger partial charge in [0, 0.05) is 12.5 Å². The van der Waals surface area contributed by atoms with E-state index >= 15 is 0 Å². The largest absolute Gasteiger partial charge is 0.389 e. The zero-order valence-corrected chi connectivity index (χ0v) is 10.9. The molecule has 3 heteroatoms. The van der Waals surface area contributed by atoms with Gasteiger partial charge in [0.2, 0.25) is 0 Å². The van der Waals surface area contributed by atoms with Gasteiger partial charge in [0.15, 0.2) is 0 Å². The van der Waals surface area contributed by atoms with Crippen molar-refractivity contribution in [3.63, 3.8) is 0 Å². The van der Waals surface area contributed by atoms with Gasteiger partial charge in [-0.05, 0) is 48.8 Å². The molecule has 0 radical (unpaired) electrons. The molecule has 0 aliphatic heterocycles. The van der Waals surface area contributed by atoms with Crippen molar-refractivity contribution in [2.45, 2.75) is 45.1 Å². The normalized spacial score (nSPS) is 32.5. The first-order valence-electron chi connectivity index (χ1n) is 6.56. The van der Waals surface area contributed by atoms with Crippen LogP contribution in [0, 0.1) is 23.5 Å². The Morgan fingerprint density at radius 1 is 1.22 bits per heavy atom. The van der Waals surface area contributed by atoms with E-state index < -0.39 is 17.2 Å². The Bertz CT molecular complexity index is 412. The minimum atomic E-state index is -0.827. The Kier molecular flexibility index (Phi) is 3.71. The second-order valence-corrected chi connectivity index (χ2v) is 5.84. The molecule has 0 aromatic heterocycles. The highest BCUT2D eigenvalue weighted by atomic mass is 19.1. The van der Waals surface area contributed by atoms with Crippen LogP contribution < -0.4 is 0 Å². The third kappa shape index (κ3) is 2.89. The third-order valence-electron chi connectivity index (χ3n) is 4.18. The van der Waals surface area contributed by atoms with Gasteiger partial charge in [0.05, 0.1) is 5.60 Å². The van der Waals surface area contributed by atoms with Crippen LogP contribution in [0.25, 0.3) is 0 Å². The standard InChI is InChI=1S/C15H20F2O/c1-10-3-4-15(18,11(2)5-10)9-12-6-13(16)8-14(17)7-12/h6-8,10-11,18H,3-5,9H2,1-2H3. The number of benzene rings is 1. The van der Waals surface area contributed by atoms with Crippen LogP contribution >= 0.6 is 0 Å². The maximum atomic E-state index is 13.1. The van der Waals surface area contributed by atoms with Gasteiger partial charge in [-0.2, -0.15) is 0 Å². The second-order valence-electron chi connectivity index (χ2n) is 5.84. The molecule has 1 fully saturated rings. The summed E-state index contributed by atoms with van der Waals surface area (Å²) in [7, 11) is 0. The summed E-state index contributed by atoms with van der Waals surface area (Å²) in [6.07, 6.45) is 2.97. The fourth-order valence-corrected chi connectivity index (χ4v) is 3.01. The average Bonchev–Trinajstić information content (AvgIpc) is 2.23. The van der Waals surface area contributed by atoms with Gasteiger partial charge >= 0.3 is 0 Å². The van der Waals surface area contributed by atoms with Crippen LogP contribution in [0.3, 0.4) is 0 Å². The molecule has 0 spiro atoms. The summed E-state index contributed by atoms with van der Waals surface area (Å²) in [6.45, 7) is 4.20. The molecule has 1 saturated carbocycles. The SMILES string of the molecule is CC1CCC(O)(Cc2cc(F)cc(F)c2)C(C)C1. The fraction of sp³-hybridized carbons (Fsp3) is 0.600. The van der Waals surface area contributed by atoms with Crippen molar-refractivity contribution in [1.29, 1.82) is 0 Å². The quantitative estimate of drug-likeness (QED) is 0.853. The van der Waals surface area contributed by atoms with E-state index in [0.717, 1.165) is 18.9 Å². The number of halogens is 2. The molecule has 3 atom stereocenters. The van der Waals surface area contributed by atoms with Crippen LogP contribution in [-0.4, -0.2) is 10.7 Å². The molecule has 1 nitrogen and oxygen atoms in total. The van der Waals surface area contributed by atoms with Crippen LogP contribution in [0.4, 0.5) is 8.78 Å². The average molecular weight is 254 g/mol. The topological polar surface area (TPSA) is 20.2 Å². The van der Waals surface area contributed by atoms with E-state index in [-0.39, 0.29) is 5.92 Å². The van der Waals surface area contributed by atoms with Crippen molar-refractivity contribution in [3.8, 4) is 0 Å². The van der Waals surface area contributed by atoms with Gasteiger partial charge in [0.25, 0.3) is 0 Å². The number of hydrogen-bond acceptors (Lipinski definition) is 1. The third-order valence-corrected chi connectivity index (χ3v) is 4.18. The van der Waals surface area contributed by atoms with E-state index in [0.29, 0.717) is 24.3 Å². The maximum absolute atomic E-state index is 13.1. The zero-order valence-electron chi connectivity index (χ0n) is 10.9. The molecule has 2 rings (SSSR count). The molecule has 1 aliphatic rings. The van der Waals surface area contributed by atoms with E-state index in [2.05, 4.69) is 6.92 Å². The van der Waals surface area contributed by atoms with Gasteiger partial charge in [-0.25, -0.2) is 8.78 Å². The number of rotatable bonds is 2. The van der Waals surface area contributed by atoms with Crippen molar-refractivity contribution in [2.75, 3.05) is 0 Å². The van der Waals surface area contributed by atoms with Crippen LogP contribution in [0.5, 0.6) is 0 Å². The molecule has 0 saturated heterocycles. The lowest BCUT2D eigenvalue weighted by atomic mass is 9.70. The minimum absolute atomic E-state index is 0.160. The first-order chi connectivity index (χ1) is 8.39. The van der Waals surface area contributed by atoms with Gasteiger partial charge in [-0.15, -0.1) is 0 Å². The molecule has 1 aromatic carbocycles. The van der Waals surface area contributed by atoms with E-state index in [9.17, 15) is 13.9 Å². The Morgan fingerprint density at radius 3 is 2.39 bits per heavy atom. The molecule has 0 heterocycles.